The van der Waals surface area contributed by atoms with E-state index in [0.717, 1.165) is 48.8 Å². The first-order valence-electron chi connectivity index (χ1n) is 10.5. The number of fused-ring (bicyclic) bond motifs is 1. The first-order valence-corrected chi connectivity index (χ1v) is 11.5. The van der Waals surface area contributed by atoms with E-state index in [4.69, 9.17) is 9.72 Å². The summed E-state index contributed by atoms with van der Waals surface area (Å²) in [4.78, 5) is 6.18. The maximum Gasteiger partial charge on any atom is 0.122 e. The molecule has 0 amide bonds. The van der Waals surface area contributed by atoms with Crippen molar-refractivity contribution in [3.63, 3.8) is 0 Å². The van der Waals surface area contributed by atoms with Crippen LogP contribution in [0.4, 0.5) is 0 Å². The number of aryl methyl sites for hydroxylation is 3. The van der Waals surface area contributed by atoms with Gasteiger partial charge >= 0.3 is 0 Å². The van der Waals surface area contributed by atoms with E-state index in [9.17, 15) is 0 Å². The Morgan fingerprint density at radius 1 is 0.900 bits per heavy atom. The Morgan fingerprint density at radius 3 is 2.57 bits per heavy atom. The predicted octanol–water partition coefficient (Wildman–Crippen LogP) is 6.80. The van der Waals surface area contributed by atoms with Crippen LogP contribution in [0, 0.1) is 13.8 Å². The number of thioether (sulfide) groups is 1. The van der Waals surface area contributed by atoms with Crippen LogP contribution in [0.15, 0.2) is 77.7 Å². The molecule has 0 N–H and O–H groups in total. The second kappa shape index (κ2) is 9.86. The fraction of sp³-hybridized carbons (Fsp3) is 0.269. The lowest BCUT2D eigenvalue weighted by Crippen LogP contribution is -2.06. The minimum Gasteiger partial charge on any atom is -0.493 e. The number of unbranched alkanes of at least 4 members (excludes halogenated alkanes) is 1. The lowest BCUT2D eigenvalue weighted by Gasteiger charge is -2.12. The van der Waals surface area contributed by atoms with Crippen LogP contribution >= 0.6 is 11.8 Å². The van der Waals surface area contributed by atoms with Gasteiger partial charge in [0.05, 0.1) is 23.4 Å². The summed E-state index contributed by atoms with van der Waals surface area (Å²) < 4.78 is 8.41. The summed E-state index contributed by atoms with van der Waals surface area (Å²) in [5.41, 5.74) is 4.73. The molecule has 0 atom stereocenters. The maximum atomic E-state index is 6.03. The van der Waals surface area contributed by atoms with E-state index in [1.165, 1.54) is 21.5 Å². The molecule has 3 aromatic carbocycles. The number of rotatable bonds is 9. The summed E-state index contributed by atoms with van der Waals surface area (Å²) in [6, 6.07) is 25.3. The zero-order valence-electron chi connectivity index (χ0n) is 17.7. The van der Waals surface area contributed by atoms with E-state index < -0.39 is 0 Å². The van der Waals surface area contributed by atoms with Gasteiger partial charge in [-0.1, -0.05) is 42.5 Å². The van der Waals surface area contributed by atoms with Crippen molar-refractivity contribution in [3.8, 4) is 5.75 Å². The molecular weight excluding hydrogens is 388 g/mol. The van der Waals surface area contributed by atoms with Crippen molar-refractivity contribution in [3.05, 3.63) is 89.7 Å². The highest BCUT2D eigenvalue weighted by Gasteiger charge is 2.11. The van der Waals surface area contributed by atoms with Crippen LogP contribution in [-0.4, -0.2) is 16.2 Å². The number of para-hydroxylation sites is 2. The Kier molecular flexibility index (Phi) is 6.75. The van der Waals surface area contributed by atoms with Gasteiger partial charge in [-0.05, 0) is 68.1 Å². The fourth-order valence-electron chi connectivity index (χ4n) is 3.57. The third-order valence-corrected chi connectivity index (χ3v) is 6.23. The molecule has 0 saturated heterocycles. The molecule has 30 heavy (non-hydrogen) atoms. The minimum absolute atomic E-state index is 0.741. The average molecular weight is 417 g/mol. The molecule has 0 bridgehead atoms. The summed E-state index contributed by atoms with van der Waals surface area (Å²) in [5, 5.41) is 0. The smallest absolute Gasteiger partial charge is 0.122 e. The van der Waals surface area contributed by atoms with E-state index in [-0.39, 0.29) is 0 Å². The van der Waals surface area contributed by atoms with Crippen LogP contribution in [0.5, 0.6) is 5.75 Å². The van der Waals surface area contributed by atoms with Gasteiger partial charge in [-0.15, -0.1) is 11.8 Å². The van der Waals surface area contributed by atoms with Crippen LogP contribution < -0.4 is 4.74 Å². The normalized spacial score (nSPS) is 11.1. The Balaban J connectivity index is 1.38. The number of aromatic nitrogens is 2. The molecule has 4 rings (SSSR count). The van der Waals surface area contributed by atoms with E-state index in [1.807, 2.05) is 11.8 Å². The molecule has 0 saturated carbocycles. The summed E-state index contributed by atoms with van der Waals surface area (Å²) in [7, 11) is 0. The van der Waals surface area contributed by atoms with Gasteiger partial charge in [-0.2, -0.15) is 0 Å². The third-order valence-electron chi connectivity index (χ3n) is 5.22. The SMILES string of the molecule is Cc1ccc(C)c(OCCCCn2c(CSc3ccccc3)nc3ccccc32)c1. The van der Waals surface area contributed by atoms with Crippen molar-refractivity contribution >= 4 is 22.8 Å². The zero-order valence-corrected chi connectivity index (χ0v) is 18.5. The maximum absolute atomic E-state index is 6.03. The molecule has 0 aliphatic heterocycles. The molecule has 154 valence electrons. The van der Waals surface area contributed by atoms with Crippen molar-refractivity contribution < 1.29 is 4.74 Å². The van der Waals surface area contributed by atoms with Crippen LogP contribution in [0.3, 0.4) is 0 Å². The van der Waals surface area contributed by atoms with E-state index in [0.29, 0.717) is 0 Å². The number of nitrogens with zero attached hydrogens (tertiary/aromatic N) is 2. The van der Waals surface area contributed by atoms with Crippen molar-refractivity contribution in [1.82, 2.24) is 9.55 Å². The Labute approximate surface area is 183 Å². The highest BCUT2D eigenvalue weighted by molar-refractivity contribution is 7.98. The number of imidazole rings is 1. The van der Waals surface area contributed by atoms with Crippen molar-refractivity contribution in [2.45, 2.75) is 43.9 Å². The first-order chi connectivity index (χ1) is 14.7. The molecule has 0 fully saturated rings. The molecule has 4 aromatic rings. The lowest BCUT2D eigenvalue weighted by molar-refractivity contribution is 0.301. The van der Waals surface area contributed by atoms with Gasteiger partial charge < -0.3 is 9.30 Å². The average Bonchev–Trinajstić information content (AvgIpc) is 3.12. The van der Waals surface area contributed by atoms with Gasteiger partial charge in [0.1, 0.15) is 11.6 Å². The molecule has 4 heteroatoms. The quantitative estimate of drug-likeness (QED) is 0.222. The summed E-state index contributed by atoms with van der Waals surface area (Å²) >= 11 is 1.84. The molecule has 0 radical (unpaired) electrons. The summed E-state index contributed by atoms with van der Waals surface area (Å²) in [6.07, 6.45) is 2.08. The number of hydrogen-bond donors (Lipinski definition) is 0. The van der Waals surface area contributed by atoms with Gasteiger partial charge in [-0.25, -0.2) is 4.98 Å². The molecule has 0 spiro atoms. The number of benzene rings is 3. The van der Waals surface area contributed by atoms with E-state index in [2.05, 4.69) is 91.2 Å². The molecule has 0 aliphatic rings. The van der Waals surface area contributed by atoms with Crippen LogP contribution in [-0.2, 0) is 12.3 Å². The van der Waals surface area contributed by atoms with Crippen LogP contribution in [0.2, 0.25) is 0 Å². The second-order valence-corrected chi connectivity index (χ2v) is 8.64. The van der Waals surface area contributed by atoms with Crippen LogP contribution in [0.1, 0.15) is 29.8 Å². The first kappa shape index (κ1) is 20.5. The molecule has 1 aromatic heterocycles. The minimum atomic E-state index is 0.741. The number of hydrogen-bond acceptors (Lipinski definition) is 3. The Hall–Kier alpha value is -2.72. The predicted molar refractivity (Wildman–Crippen MR) is 126 cm³/mol. The molecule has 0 aliphatic carbocycles. The summed E-state index contributed by atoms with van der Waals surface area (Å²) in [5.74, 6) is 3.01. The van der Waals surface area contributed by atoms with E-state index >= 15 is 0 Å². The largest absolute Gasteiger partial charge is 0.493 e. The van der Waals surface area contributed by atoms with Crippen molar-refractivity contribution in [1.29, 1.82) is 0 Å². The molecular formula is C26H28N2OS. The number of ether oxygens (including phenoxy) is 1. The molecule has 0 unspecified atom stereocenters. The van der Waals surface area contributed by atoms with Gasteiger partial charge in [-0.3, -0.25) is 0 Å². The van der Waals surface area contributed by atoms with Gasteiger partial charge in [0.15, 0.2) is 0 Å². The lowest BCUT2D eigenvalue weighted by atomic mass is 10.1. The fourth-order valence-corrected chi connectivity index (χ4v) is 4.43. The van der Waals surface area contributed by atoms with Crippen molar-refractivity contribution in [2.24, 2.45) is 0 Å². The van der Waals surface area contributed by atoms with Gasteiger partial charge in [0.25, 0.3) is 0 Å². The van der Waals surface area contributed by atoms with Crippen molar-refractivity contribution in [2.75, 3.05) is 6.61 Å². The zero-order chi connectivity index (χ0) is 20.8. The second-order valence-electron chi connectivity index (χ2n) is 7.59. The Bertz CT molecular complexity index is 1100. The topological polar surface area (TPSA) is 27.1 Å². The Morgan fingerprint density at radius 2 is 1.70 bits per heavy atom. The highest BCUT2D eigenvalue weighted by Crippen LogP contribution is 2.25. The van der Waals surface area contributed by atoms with E-state index in [1.54, 1.807) is 0 Å². The highest BCUT2D eigenvalue weighted by atomic mass is 32.2. The standard InChI is InChI=1S/C26H28N2OS/c1-20-14-15-21(2)25(18-20)29-17-9-8-16-28-24-13-7-6-12-23(24)27-26(28)19-30-22-10-4-3-5-11-22/h3-7,10-15,18H,8-9,16-17,19H2,1-2H3. The summed E-state index contributed by atoms with van der Waals surface area (Å²) in [6.45, 7) is 5.90. The van der Waals surface area contributed by atoms with Gasteiger partial charge in [0.2, 0.25) is 0 Å². The van der Waals surface area contributed by atoms with Gasteiger partial charge in [0, 0.05) is 11.4 Å². The van der Waals surface area contributed by atoms with Crippen LogP contribution in [0.25, 0.3) is 11.0 Å². The third kappa shape index (κ3) is 5.06. The molecule has 3 nitrogen and oxygen atoms in total. The monoisotopic (exact) mass is 416 g/mol. The molecule has 1 heterocycles.